The third-order valence-electron chi connectivity index (χ3n) is 3.30. The first kappa shape index (κ1) is 18.5. The van der Waals surface area contributed by atoms with E-state index in [1.165, 1.54) is 17.5 Å². The molecule has 4 nitrogen and oxygen atoms in total. The Bertz CT molecular complexity index is 432. The van der Waals surface area contributed by atoms with Crippen molar-refractivity contribution in [2.75, 3.05) is 19.7 Å². The number of unbranched alkanes of at least 4 members (excludes halogenated alkanes) is 1. The van der Waals surface area contributed by atoms with Gasteiger partial charge in [-0.1, -0.05) is 44.5 Å². The van der Waals surface area contributed by atoms with Crippen LogP contribution < -0.4 is 10.6 Å². The van der Waals surface area contributed by atoms with E-state index in [9.17, 15) is 0 Å². The second-order valence-electron chi connectivity index (χ2n) is 5.30. The van der Waals surface area contributed by atoms with Crippen molar-refractivity contribution in [2.24, 2.45) is 4.99 Å². The molecule has 1 rings (SSSR count). The van der Waals surface area contributed by atoms with Crippen molar-refractivity contribution in [2.45, 2.75) is 53.2 Å². The average Bonchev–Trinajstić information content (AvgIpc) is 2.54. The molecule has 0 saturated heterocycles. The van der Waals surface area contributed by atoms with Crippen LogP contribution in [-0.4, -0.2) is 25.7 Å². The lowest BCUT2D eigenvalue weighted by molar-refractivity contribution is 0.121. The molecular weight excluding hydrogens is 274 g/mol. The minimum atomic E-state index is 0.666. The van der Waals surface area contributed by atoms with Gasteiger partial charge in [-0.05, 0) is 30.9 Å². The zero-order valence-electron chi connectivity index (χ0n) is 14.3. The van der Waals surface area contributed by atoms with E-state index in [1.807, 2.05) is 0 Å². The molecule has 0 heterocycles. The topological polar surface area (TPSA) is 45.7 Å². The molecule has 0 aromatic heterocycles. The molecule has 0 spiro atoms. The van der Waals surface area contributed by atoms with Gasteiger partial charge in [0.05, 0.1) is 13.2 Å². The summed E-state index contributed by atoms with van der Waals surface area (Å²) in [6.45, 7) is 10.4. The molecular formula is C18H31N3O. The first-order valence-corrected chi connectivity index (χ1v) is 8.48. The number of guanidine groups is 1. The van der Waals surface area contributed by atoms with E-state index in [-0.39, 0.29) is 0 Å². The fourth-order valence-electron chi connectivity index (χ4n) is 2.07. The zero-order valence-corrected chi connectivity index (χ0v) is 14.3. The van der Waals surface area contributed by atoms with E-state index in [0.717, 1.165) is 38.5 Å². The molecule has 0 atom stereocenters. The van der Waals surface area contributed by atoms with Crippen LogP contribution in [0.25, 0.3) is 0 Å². The van der Waals surface area contributed by atoms with Gasteiger partial charge in [-0.3, -0.25) is 0 Å². The van der Waals surface area contributed by atoms with Crippen molar-refractivity contribution < 1.29 is 4.74 Å². The standard InChI is InChI=1S/C18H31N3O/c1-4-7-12-20-18(19-6-3)21-14-16-10-8-9-11-17(16)15-22-13-5-2/h8-11H,4-7,12-15H2,1-3H3,(H2,19,20,21). The van der Waals surface area contributed by atoms with Crippen LogP contribution in [0.4, 0.5) is 0 Å². The Labute approximate surface area is 135 Å². The third-order valence-corrected chi connectivity index (χ3v) is 3.30. The summed E-state index contributed by atoms with van der Waals surface area (Å²) in [4.78, 5) is 4.68. The van der Waals surface area contributed by atoms with Crippen molar-refractivity contribution in [1.82, 2.24) is 10.6 Å². The number of rotatable bonds is 10. The molecule has 0 aliphatic rings. The molecule has 1 aromatic rings. The second kappa shape index (κ2) is 12.0. The number of nitrogens with one attached hydrogen (secondary N) is 2. The summed E-state index contributed by atoms with van der Waals surface area (Å²) in [5.41, 5.74) is 2.45. The van der Waals surface area contributed by atoms with Crippen molar-refractivity contribution >= 4 is 5.96 Å². The van der Waals surface area contributed by atoms with E-state index in [1.54, 1.807) is 0 Å². The smallest absolute Gasteiger partial charge is 0.191 e. The molecule has 0 amide bonds. The van der Waals surface area contributed by atoms with Crippen LogP contribution in [0.3, 0.4) is 0 Å². The van der Waals surface area contributed by atoms with Gasteiger partial charge in [0, 0.05) is 19.7 Å². The van der Waals surface area contributed by atoms with Gasteiger partial charge in [0.15, 0.2) is 5.96 Å². The Hall–Kier alpha value is -1.55. The van der Waals surface area contributed by atoms with Crippen LogP contribution in [0.5, 0.6) is 0 Å². The fraction of sp³-hybridized carbons (Fsp3) is 0.611. The number of benzene rings is 1. The number of hydrogen-bond acceptors (Lipinski definition) is 2. The molecule has 1 aromatic carbocycles. The normalized spacial score (nSPS) is 11.5. The summed E-state index contributed by atoms with van der Waals surface area (Å²) >= 11 is 0. The first-order valence-electron chi connectivity index (χ1n) is 8.48. The van der Waals surface area contributed by atoms with Gasteiger partial charge in [-0.2, -0.15) is 0 Å². The largest absolute Gasteiger partial charge is 0.377 e. The third kappa shape index (κ3) is 7.46. The Morgan fingerprint density at radius 1 is 1.05 bits per heavy atom. The molecule has 0 aliphatic heterocycles. The van der Waals surface area contributed by atoms with E-state index < -0.39 is 0 Å². The lowest BCUT2D eigenvalue weighted by Gasteiger charge is -2.12. The zero-order chi connectivity index (χ0) is 16.0. The van der Waals surface area contributed by atoms with Crippen molar-refractivity contribution in [3.05, 3.63) is 35.4 Å². The molecule has 0 saturated carbocycles. The molecule has 0 radical (unpaired) electrons. The highest BCUT2D eigenvalue weighted by Crippen LogP contribution is 2.11. The Kier molecular flexibility index (Phi) is 10.1. The Morgan fingerprint density at radius 3 is 2.50 bits per heavy atom. The highest BCUT2D eigenvalue weighted by Gasteiger charge is 2.02. The molecule has 0 aliphatic carbocycles. The molecule has 2 N–H and O–H groups in total. The number of aliphatic imine (C=N–C) groups is 1. The fourth-order valence-corrected chi connectivity index (χ4v) is 2.07. The minimum Gasteiger partial charge on any atom is -0.377 e. The Balaban J connectivity index is 2.63. The summed E-state index contributed by atoms with van der Waals surface area (Å²) in [7, 11) is 0. The SMILES string of the molecule is CCCCNC(=NCc1ccccc1COCCC)NCC. The predicted octanol–water partition coefficient (Wildman–Crippen LogP) is 3.47. The van der Waals surface area contributed by atoms with Crippen molar-refractivity contribution in [1.29, 1.82) is 0 Å². The van der Waals surface area contributed by atoms with Crippen LogP contribution in [-0.2, 0) is 17.9 Å². The molecule has 0 fully saturated rings. The van der Waals surface area contributed by atoms with Crippen LogP contribution in [0, 0.1) is 0 Å². The highest BCUT2D eigenvalue weighted by molar-refractivity contribution is 5.79. The first-order chi connectivity index (χ1) is 10.8. The minimum absolute atomic E-state index is 0.666. The summed E-state index contributed by atoms with van der Waals surface area (Å²) in [6, 6.07) is 8.37. The van der Waals surface area contributed by atoms with Gasteiger partial charge < -0.3 is 15.4 Å². The van der Waals surface area contributed by atoms with Crippen molar-refractivity contribution in [3.8, 4) is 0 Å². The quantitative estimate of drug-likeness (QED) is 0.395. The lowest BCUT2D eigenvalue weighted by atomic mass is 10.1. The highest BCUT2D eigenvalue weighted by atomic mass is 16.5. The Morgan fingerprint density at radius 2 is 1.82 bits per heavy atom. The van der Waals surface area contributed by atoms with Gasteiger partial charge in [0.25, 0.3) is 0 Å². The molecule has 0 bridgehead atoms. The summed E-state index contributed by atoms with van der Waals surface area (Å²) in [5.74, 6) is 0.889. The van der Waals surface area contributed by atoms with Gasteiger partial charge >= 0.3 is 0 Å². The van der Waals surface area contributed by atoms with Crippen LogP contribution in [0.2, 0.25) is 0 Å². The lowest BCUT2D eigenvalue weighted by Crippen LogP contribution is -2.37. The average molecular weight is 305 g/mol. The number of ether oxygens (including phenoxy) is 1. The predicted molar refractivity (Wildman–Crippen MR) is 94.1 cm³/mol. The van der Waals surface area contributed by atoms with E-state index >= 15 is 0 Å². The van der Waals surface area contributed by atoms with Gasteiger partial charge in [0.2, 0.25) is 0 Å². The monoisotopic (exact) mass is 305 g/mol. The number of hydrogen-bond donors (Lipinski definition) is 2. The van der Waals surface area contributed by atoms with Crippen LogP contribution >= 0.6 is 0 Å². The van der Waals surface area contributed by atoms with E-state index in [4.69, 9.17) is 4.74 Å². The number of nitrogens with zero attached hydrogens (tertiary/aromatic N) is 1. The van der Waals surface area contributed by atoms with Gasteiger partial charge in [0.1, 0.15) is 0 Å². The molecule has 22 heavy (non-hydrogen) atoms. The summed E-state index contributed by atoms with van der Waals surface area (Å²) < 4.78 is 5.66. The molecule has 124 valence electrons. The second-order valence-corrected chi connectivity index (χ2v) is 5.30. The molecule has 0 unspecified atom stereocenters. The maximum atomic E-state index is 5.66. The summed E-state index contributed by atoms with van der Waals surface area (Å²) in [5, 5.41) is 6.66. The van der Waals surface area contributed by atoms with Crippen LogP contribution in [0.15, 0.2) is 29.3 Å². The van der Waals surface area contributed by atoms with E-state index in [2.05, 4.69) is 60.7 Å². The maximum absolute atomic E-state index is 5.66. The maximum Gasteiger partial charge on any atom is 0.191 e. The molecule has 4 heteroatoms. The van der Waals surface area contributed by atoms with Crippen molar-refractivity contribution in [3.63, 3.8) is 0 Å². The van der Waals surface area contributed by atoms with Gasteiger partial charge in [-0.15, -0.1) is 0 Å². The van der Waals surface area contributed by atoms with E-state index in [0.29, 0.717) is 13.2 Å². The van der Waals surface area contributed by atoms with Crippen LogP contribution in [0.1, 0.15) is 51.2 Å². The van der Waals surface area contributed by atoms with Gasteiger partial charge in [-0.25, -0.2) is 4.99 Å². The summed E-state index contributed by atoms with van der Waals surface area (Å²) in [6.07, 6.45) is 3.39.